The third-order valence-corrected chi connectivity index (χ3v) is 6.17. The molecule has 32 heavy (non-hydrogen) atoms. The standard InChI is InChI=1S/C23H23N7O2/c1-2-28-20-9-8-18(17-14-25-29-13-4-3-7-19(17)29)26-22(20)30(23(28)32)16-6-5-12-27(15-16)21(31)10-11-24/h3-4,7-9,13-14,16H,2,5-6,10,12,15H2,1H3. The summed E-state index contributed by atoms with van der Waals surface area (Å²) in [6, 6.07) is 11.5. The van der Waals surface area contributed by atoms with Gasteiger partial charge in [-0.05, 0) is 44.0 Å². The highest BCUT2D eigenvalue weighted by atomic mass is 16.2. The fourth-order valence-corrected chi connectivity index (χ4v) is 4.64. The van der Waals surface area contributed by atoms with Crippen molar-refractivity contribution in [1.82, 2.24) is 28.6 Å². The Labute approximate surface area is 184 Å². The van der Waals surface area contributed by atoms with Crippen molar-refractivity contribution in [3.63, 3.8) is 0 Å². The van der Waals surface area contributed by atoms with E-state index in [9.17, 15) is 9.59 Å². The number of carbonyl (C=O) groups excluding carboxylic acids is 1. The summed E-state index contributed by atoms with van der Waals surface area (Å²) in [5.41, 5.74) is 3.85. The van der Waals surface area contributed by atoms with Crippen molar-refractivity contribution in [3.8, 4) is 17.3 Å². The first kappa shape index (κ1) is 20.0. The summed E-state index contributed by atoms with van der Waals surface area (Å²) < 4.78 is 5.25. The van der Waals surface area contributed by atoms with Crippen LogP contribution in [-0.2, 0) is 11.3 Å². The van der Waals surface area contributed by atoms with Crippen LogP contribution in [0.5, 0.6) is 0 Å². The molecule has 0 saturated carbocycles. The van der Waals surface area contributed by atoms with Gasteiger partial charge < -0.3 is 4.90 Å². The number of likely N-dealkylation sites (tertiary alicyclic amines) is 1. The maximum atomic E-state index is 13.3. The van der Waals surface area contributed by atoms with E-state index in [2.05, 4.69) is 5.10 Å². The van der Waals surface area contributed by atoms with Crippen LogP contribution in [-0.4, -0.2) is 47.6 Å². The molecular weight excluding hydrogens is 406 g/mol. The Kier molecular flexibility index (Phi) is 4.98. The number of amides is 1. The third kappa shape index (κ3) is 3.15. The molecule has 1 fully saturated rings. The predicted molar refractivity (Wildman–Crippen MR) is 119 cm³/mol. The molecule has 4 aromatic heterocycles. The minimum absolute atomic E-state index is 0.119. The van der Waals surface area contributed by atoms with Crippen molar-refractivity contribution in [2.75, 3.05) is 13.1 Å². The lowest BCUT2D eigenvalue weighted by Gasteiger charge is -2.32. The van der Waals surface area contributed by atoms with Crippen molar-refractivity contribution < 1.29 is 4.79 Å². The fraction of sp³-hybridized carbons (Fsp3) is 0.348. The van der Waals surface area contributed by atoms with Gasteiger partial charge in [0.25, 0.3) is 0 Å². The quantitative estimate of drug-likeness (QED) is 0.496. The number of hydrogen-bond donors (Lipinski definition) is 0. The second kappa shape index (κ2) is 7.96. The van der Waals surface area contributed by atoms with E-state index in [-0.39, 0.29) is 24.1 Å². The first-order valence-electron chi connectivity index (χ1n) is 10.8. The normalized spacial score (nSPS) is 16.5. The second-order valence-corrected chi connectivity index (χ2v) is 8.00. The van der Waals surface area contributed by atoms with Crippen LogP contribution in [0.2, 0.25) is 0 Å². The summed E-state index contributed by atoms with van der Waals surface area (Å²) in [6.45, 7) is 3.49. The number of imidazole rings is 1. The number of carbonyl (C=O) groups is 1. The zero-order chi connectivity index (χ0) is 22.2. The minimum atomic E-state index is -0.190. The molecule has 1 saturated heterocycles. The molecule has 5 rings (SSSR count). The molecule has 0 N–H and O–H groups in total. The van der Waals surface area contributed by atoms with Crippen LogP contribution in [0.25, 0.3) is 27.9 Å². The Bertz CT molecular complexity index is 1420. The van der Waals surface area contributed by atoms with Crippen molar-refractivity contribution in [1.29, 1.82) is 5.26 Å². The second-order valence-electron chi connectivity index (χ2n) is 8.00. The molecular formula is C23H23N7O2. The highest BCUT2D eigenvalue weighted by molar-refractivity contribution is 5.82. The summed E-state index contributed by atoms with van der Waals surface area (Å²) in [7, 11) is 0. The van der Waals surface area contributed by atoms with Gasteiger partial charge in [0, 0.05) is 31.4 Å². The smallest absolute Gasteiger partial charge is 0.330 e. The Hall–Kier alpha value is -3.93. The first-order chi connectivity index (χ1) is 15.6. The van der Waals surface area contributed by atoms with E-state index in [1.165, 1.54) is 0 Å². The average Bonchev–Trinajstić information content (AvgIpc) is 3.37. The lowest BCUT2D eigenvalue weighted by Crippen LogP contribution is -2.42. The third-order valence-electron chi connectivity index (χ3n) is 6.17. The van der Waals surface area contributed by atoms with Gasteiger partial charge in [0.2, 0.25) is 5.91 Å². The van der Waals surface area contributed by atoms with Gasteiger partial charge >= 0.3 is 5.69 Å². The molecule has 162 valence electrons. The highest BCUT2D eigenvalue weighted by Gasteiger charge is 2.28. The van der Waals surface area contributed by atoms with Crippen LogP contribution in [0.3, 0.4) is 0 Å². The van der Waals surface area contributed by atoms with Crippen molar-refractivity contribution in [2.24, 2.45) is 0 Å². The first-order valence-corrected chi connectivity index (χ1v) is 10.8. The largest absolute Gasteiger partial charge is 0.340 e. The number of pyridine rings is 2. The lowest BCUT2D eigenvalue weighted by molar-refractivity contribution is -0.131. The number of fused-ring (bicyclic) bond motifs is 2. The summed E-state index contributed by atoms with van der Waals surface area (Å²) in [4.78, 5) is 32.2. The molecule has 0 aromatic carbocycles. The lowest BCUT2D eigenvalue weighted by atomic mass is 10.1. The van der Waals surface area contributed by atoms with E-state index in [0.29, 0.717) is 25.3 Å². The molecule has 0 aliphatic carbocycles. The molecule has 0 bridgehead atoms. The van der Waals surface area contributed by atoms with Gasteiger partial charge in [-0.25, -0.2) is 14.3 Å². The molecule has 1 unspecified atom stereocenters. The predicted octanol–water partition coefficient (Wildman–Crippen LogP) is 2.61. The maximum Gasteiger partial charge on any atom is 0.330 e. The molecule has 4 aromatic rings. The summed E-state index contributed by atoms with van der Waals surface area (Å²) in [5, 5.41) is 13.3. The minimum Gasteiger partial charge on any atom is -0.340 e. The van der Waals surface area contributed by atoms with E-state index < -0.39 is 0 Å². The number of nitrogens with zero attached hydrogens (tertiary/aromatic N) is 7. The van der Waals surface area contributed by atoms with E-state index in [0.717, 1.165) is 35.1 Å². The van der Waals surface area contributed by atoms with Gasteiger partial charge in [0.05, 0.1) is 35.0 Å². The summed E-state index contributed by atoms with van der Waals surface area (Å²) >= 11 is 0. The van der Waals surface area contributed by atoms with E-state index in [1.807, 2.05) is 49.5 Å². The van der Waals surface area contributed by atoms with Gasteiger partial charge in [-0.2, -0.15) is 10.4 Å². The maximum absolute atomic E-state index is 13.3. The van der Waals surface area contributed by atoms with E-state index in [1.54, 1.807) is 24.7 Å². The number of hydrogen-bond acceptors (Lipinski definition) is 5. The van der Waals surface area contributed by atoms with Crippen LogP contribution in [0.1, 0.15) is 32.2 Å². The van der Waals surface area contributed by atoms with Crippen molar-refractivity contribution >= 4 is 22.6 Å². The molecule has 0 radical (unpaired) electrons. The van der Waals surface area contributed by atoms with Crippen LogP contribution < -0.4 is 5.69 Å². The molecule has 1 aliphatic heterocycles. The molecule has 1 amide bonds. The molecule has 5 heterocycles. The van der Waals surface area contributed by atoms with E-state index >= 15 is 0 Å². The molecule has 1 aliphatic rings. The van der Waals surface area contributed by atoms with Crippen molar-refractivity contribution in [2.45, 2.75) is 38.8 Å². The molecule has 9 nitrogen and oxygen atoms in total. The van der Waals surface area contributed by atoms with Crippen LogP contribution in [0.4, 0.5) is 0 Å². The Morgan fingerprint density at radius 1 is 1.25 bits per heavy atom. The van der Waals surface area contributed by atoms with E-state index in [4.69, 9.17) is 10.2 Å². The number of nitriles is 1. The Balaban J connectivity index is 1.63. The van der Waals surface area contributed by atoms with Gasteiger partial charge in [0.1, 0.15) is 6.42 Å². The number of rotatable bonds is 4. The van der Waals surface area contributed by atoms with Crippen LogP contribution in [0, 0.1) is 11.3 Å². The molecule has 0 spiro atoms. The number of aryl methyl sites for hydroxylation is 1. The van der Waals surface area contributed by atoms with Gasteiger partial charge in [0.15, 0.2) is 5.65 Å². The Morgan fingerprint density at radius 2 is 2.12 bits per heavy atom. The van der Waals surface area contributed by atoms with Crippen LogP contribution in [0.15, 0.2) is 47.5 Å². The SMILES string of the molecule is CCn1c(=O)n(C2CCCN(C(=O)CC#N)C2)c2nc(-c3cnn4ccccc34)ccc21. The highest BCUT2D eigenvalue weighted by Crippen LogP contribution is 2.28. The number of piperidine rings is 1. The monoisotopic (exact) mass is 429 g/mol. The zero-order valence-corrected chi connectivity index (χ0v) is 17.8. The summed E-state index contributed by atoms with van der Waals surface area (Å²) in [6.07, 6.45) is 5.08. The number of aromatic nitrogens is 5. The van der Waals surface area contributed by atoms with Gasteiger partial charge in [-0.15, -0.1) is 0 Å². The summed E-state index contributed by atoms with van der Waals surface area (Å²) in [5.74, 6) is -0.190. The van der Waals surface area contributed by atoms with Crippen molar-refractivity contribution in [3.05, 3.63) is 53.2 Å². The fourth-order valence-electron chi connectivity index (χ4n) is 4.64. The average molecular weight is 429 g/mol. The Morgan fingerprint density at radius 3 is 2.94 bits per heavy atom. The van der Waals surface area contributed by atoms with Gasteiger partial charge in [-0.3, -0.25) is 13.9 Å². The van der Waals surface area contributed by atoms with Crippen LogP contribution >= 0.6 is 0 Å². The molecule has 1 atom stereocenters. The van der Waals surface area contributed by atoms with Gasteiger partial charge in [-0.1, -0.05) is 6.07 Å². The zero-order valence-electron chi connectivity index (χ0n) is 17.8. The topological polar surface area (TPSA) is 101 Å². The molecule has 9 heteroatoms.